The highest BCUT2D eigenvalue weighted by Gasteiger charge is 2.48. The average molecular weight is 278 g/mol. The lowest BCUT2D eigenvalue weighted by molar-refractivity contribution is -0.119. The van der Waals surface area contributed by atoms with Gasteiger partial charge in [-0.2, -0.15) is 0 Å². The Balaban J connectivity index is 1.95. The minimum atomic E-state index is -0.164. The van der Waals surface area contributed by atoms with Crippen molar-refractivity contribution in [3.05, 3.63) is 35.4 Å². The highest BCUT2D eigenvalue weighted by atomic mass is 35.5. The van der Waals surface area contributed by atoms with E-state index in [1.165, 1.54) is 17.5 Å². The maximum atomic E-state index is 11.9. The lowest BCUT2D eigenvalue weighted by Crippen LogP contribution is -2.47. The van der Waals surface area contributed by atoms with Gasteiger partial charge in [-0.25, -0.2) is 0 Å². The molecule has 0 radical (unpaired) electrons. The van der Waals surface area contributed by atoms with Gasteiger partial charge < -0.3 is 0 Å². The number of piperidine rings is 1. The van der Waals surface area contributed by atoms with E-state index >= 15 is 0 Å². The molecule has 102 valence electrons. The largest absolute Gasteiger partial charge is 0.300 e. The highest BCUT2D eigenvalue weighted by Crippen LogP contribution is 2.46. The van der Waals surface area contributed by atoms with Crippen LogP contribution in [0.15, 0.2) is 24.3 Å². The zero-order valence-corrected chi connectivity index (χ0v) is 12.2. The van der Waals surface area contributed by atoms with E-state index in [9.17, 15) is 4.79 Å². The van der Waals surface area contributed by atoms with E-state index < -0.39 is 0 Å². The molecule has 0 aromatic heterocycles. The minimum Gasteiger partial charge on any atom is -0.300 e. The van der Waals surface area contributed by atoms with Gasteiger partial charge in [-0.3, -0.25) is 9.69 Å². The van der Waals surface area contributed by atoms with Crippen molar-refractivity contribution < 1.29 is 4.79 Å². The second-order valence-electron chi connectivity index (χ2n) is 6.05. The van der Waals surface area contributed by atoms with Crippen molar-refractivity contribution in [3.63, 3.8) is 0 Å². The number of hydrogen-bond acceptors (Lipinski definition) is 2. The predicted molar refractivity (Wildman–Crippen MR) is 77.5 cm³/mol. The molecule has 2 saturated heterocycles. The molecule has 2 bridgehead atoms. The van der Waals surface area contributed by atoms with Gasteiger partial charge in [0.05, 0.1) is 5.92 Å². The second kappa shape index (κ2) is 4.92. The standard InChI is InChI=1S/C16H20ClNO/c1-10-3-5-11(6-4-10)13-9-12-7-8-14(18(12)2)15(13)16(17)19/h3-6,12-15H,7-9H2,1-2H3/t12-,13+,14+,15-/m0/s1. The molecule has 19 heavy (non-hydrogen) atoms. The van der Waals surface area contributed by atoms with Gasteiger partial charge in [0.2, 0.25) is 5.24 Å². The van der Waals surface area contributed by atoms with Gasteiger partial charge in [0.15, 0.2) is 0 Å². The fourth-order valence-electron chi connectivity index (χ4n) is 3.93. The zero-order chi connectivity index (χ0) is 13.6. The number of carbonyl (C=O) groups excluding carboxylic acids is 1. The van der Waals surface area contributed by atoms with Crippen LogP contribution in [0.1, 0.15) is 36.3 Å². The molecule has 0 aliphatic carbocycles. The molecule has 2 nitrogen and oxygen atoms in total. The molecule has 0 amide bonds. The van der Waals surface area contributed by atoms with Crippen molar-refractivity contribution >= 4 is 16.8 Å². The molecule has 0 N–H and O–H groups in total. The molecule has 0 spiro atoms. The van der Waals surface area contributed by atoms with Crippen molar-refractivity contribution in [1.82, 2.24) is 4.90 Å². The molecular formula is C16H20ClNO. The maximum Gasteiger partial charge on any atom is 0.226 e. The van der Waals surface area contributed by atoms with Gasteiger partial charge in [0.25, 0.3) is 0 Å². The number of halogens is 1. The first-order chi connectivity index (χ1) is 9.08. The lowest BCUT2D eigenvalue weighted by atomic mass is 9.77. The van der Waals surface area contributed by atoms with Gasteiger partial charge in [-0.05, 0) is 56.3 Å². The first-order valence-electron chi connectivity index (χ1n) is 7.06. The van der Waals surface area contributed by atoms with E-state index in [1.807, 2.05) is 0 Å². The van der Waals surface area contributed by atoms with Crippen LogP contribution in [-0.4, -0.2) is 29.3 Å². The van der Waals surface area contributed by atoms with E-state index in [4.69, 9.17) is 11.6 Å². The summed E-state index contributed by atoms with van der Waals surface area (Å²) in [6, 6.07) is 9.53. The van der Waals surface area contributed by atoms with Crippen LogP contribution < -0.4 is 0 Å². The average Bonchev–Trinajstić information content (AvgIpc) is 2.63. The number of carbonyl (C=O) groups is 1. The van der Waals surface area contributed by atoms with Crippen LogP contribution in [0.2, 0.25) is 0 Å². The van der Waals surface area contributed by atoms with Gasteiger partial charge in [0.1, 0.15) is 0 Å². The Kier molecular flexibility index (Phi) is 3.40. The van der Waals surface area contributed by atoms with Gasteiger partial charge in [-0.1, -0.05) is 29.8 Å². The smallest absolute Gasteiger partial charge is 0.226 e. The van der Waals surface area contributed by atoms with Gasteiger partial charge >= 0.3 is 0 Å². The molecule has 2 heterocycles. The monoisotopic (exact) mass is 277 g/mol. The van der Waals surface area contributed by atoms with Crippen molar-refractivity contribution in [2.45, 2.75) is 44.2 Å². The summed E-state index contributed by atoms with van der Waals surface area (Å²) in [5.74, 6) is 0.243. The highest BCUT2D eigenvalue weighted by molar-refractivity contribution is 6.64. The van der Waals surface area contributed by atoms with Crippen LogP contribution in [-0.2, 0) is 4.79 Å². The molecule has 3 heteroatoms. The molecule has 3 rings (SSSR count). The van der Waals surface area contributed by atoms with Crippen LogP contribution in [0.25, 0.3) is 0 Å². The Morgan fingerprint density at radius 3 is 2.58 bits per heavy atom. The summed E-state index contributed by atoms with van der Waals surface area (Å²) in [5, 5.41) is -0.164. The third-order valence-corrected chi connectivity index (χ3v) is 5.29. The quantitative estimate of drug-likeness (QED) is 0.773. The predicted octanol–water partition coefficient (Wildman–Crippen LogP) is 3.33. The SMILES string of the molecule is Cc1ccc([C@H]2C[C@@H]3CC[C@H]([C@H]2C(=O)Cl)N3C)cc1. The zero-order valence-electron chi connectivity index (χ0n) is 11.5. The van der Waals surface area contributed by atoms with Gasteiger partial charge in [-0.15, -0.1) is 0 Å². The first kappa shape index (κ1) is 13.1. The van der Waals surface area contributed by atoms with E-state index in [-0.39, 0.29) is 11.2 Å². The van der Waals surface area contributed by atoms with E-state index in [0.29, 0.717) is 18.0 Å². The molecule has 2 fully saturated rings. The Morgan fingerprint density at radius 2 is 1.95 bits per heavy atom. The van der Waals surface area contributed by atoms with E-state index in [1.54, 1.807) is 0 Å². The van der Waals surface area contributed by atoms with Crippen molar-refractivity contribution in [2.75, 3.05) is 7.05 Å². The fourth-order valence-corrected chi connectivity index (χ4v) is 4.23. The van der Waals surface area contributed by atoms with Gasteiger partial charge in [0, 0.05) is 12.1 Å². The summed E-state index contributed by atoms with van der Waals surface area (Å²) >= 11 is 5.92. The number of hydrogen-bond donors (Lipinski definition) is 0. The number of rotatable bonds is 2. The Hall–Kier alpha value is -0.860. The molecule has 4 atom stereocenters. The number of aryl methyl sites for hydroxylation is 1. The van der Waals surface area contributed by atoms with Crippen LogP contribution in [0.3, 0.4) is 0 Å². The summed E-state index contributed by atoms with van der Waals surface area (Å²) in [4.78, 5) is 14.3. The molecule has 1 aromatic carbocycles. The second-order valence-corrected chi connectivity index (χ2v) is 6.42. The molecule has 2 aliphatic rings. The molecular weight excluding hydrogens is 258 g/mol. The van der Waals surface area contributed by atoms with Crippen LogP contribution in [0.5, 0.6) is 0 Å². The lowest BCUT2D eigenvalue weighted by Gasteiger charge is -2.41. The number of nitrogens with zero attached hydrogens (tertiary/aromatic N) is 1. The fraction of sp³-hybridized carbons (Fsp3) is 0.562. The third kappa shape index (κ3) is 2.21. The Morgan fingerprint density at radius 1 is 1.26 bits per heavy atom. The number of benzene rings is 1. The minimum absolute atomic E-state index is 0.0480. The van der Waals surface area contributed by atoms with Crippen LogP contribution in [0, 0.1) is 12.8 Å². The van der Waals surface area contributed by atoms with Crippen LogP contribution >= 0.6 is 11.6 Å². The third-order valence-electron chi connectivity index (χ3n) is 5.04. The van der Waals surface area contributed by atoms with Crippen molar-refractivity contribution in [1.29, 1.82) is 0 Å². The molecule has 0 unspecified atom stereocenters. The Bertz CT molecular complexity index is 484. The van der Waals surface area contributed by atoms with E-state index in [2.05, 4.69) is 43.1 Å². The van der Waals surface area contributed by atoms with Crippen LogP contribution in [0.4, 0.5) is 0 Å². The summed E-state index contributed by atoms with van der Waals surface area (Å²) in [7, 11) is 2.14. The summed E-state index contributed by atoms with van der Waals surface area (Å²) in [6.45, 7) is 2.09. The van der Waals surface area contributed by atoms with Crippen molar-refractivity contribution in [2.24, 2.45) is 5.92 Å². The molecule has 2 aliphatic heterocycles. The normalized spacial score (nSPS) is 34.5. The maximum absolute atomic E-state index is 11.9. The number of fused-ring (bicyclic) bond motifs is 2. The topological polar surface area (TPSA) is 20.3 Å². The molecule has 1 aromatic rings. The first-order valence-corrected chi connectivity index (χ1v) is 7.43. The summed E-state index contributed by atoms with van der Waals surface area (Å²) < 4.78 is 0. The Labute approximate surface area is 119 Å². The van der Waals surface area contributed by atoms with Crippen molar-refractivity contribution in [3.8, 4) is 0 Å². The summed E-state index contributed by atoms with van der Waals surface area (Å²) in [6.07, 6.45) is 3.36. The van der Waals surface area contributed by atoms with E-state index in [0.717, 1.165) is 12.8 Å². The summed E-state index contributed by atoms with van der Waals surface area (Å²) in [5.41, 5.74) is 2.53. The molecule has 0 saturated carbocycles.